The van der Waals surface area contributed by atoms with E-state index in [-0.39, 0.29) is 5.60 Å². The lowest BCUT2D eigenvalue weighted by atomic mass is 10.1. The summed E-state index contributed by atoms with van der Waals surface area (Å²) in [6, 6.07) is 5.79. The Morgan fingerprint density at radius 1 is 1.26 bits per heavy atom. The minimum atomic E-state index is -0.165. The van der Waals surface area contributed by atoms with Crippen LogP contribution in [0.2, 0.25) is 0 Å². The van der Waals surface area contributed by atoms with Crippen molar-refractivity contribution in [1.82, 2.24) is 0 Å². The van der Waals surface area contributed by atoms with Gasteiger partial charge in [-0.25, -0.2) is 0 Å². The Kier molecular flexibility index (Phi) is 5.36. The molecule has 19 heavy (non-hydrogen) atoms. The number of nitrogens with zero attached hydrogens (tertiary/aromatic N) is 1. The standard InChI is InChI=1S/C15H23NO3/c1-11-6-7-14(13(10-11)12(2)16-17)18-8-9-19-15(3,4)5/h6-7,10,17H,8-9H2,1-5H3/b16-12-. The van der Waals surface area contributed by atoms with E-state index in [1.54, 1.807) is 6.92 Å². The molecule has 4 heteroatoms. The molecule has 0 amide bonds. The van der Waals surface area contributed by atoms with Gasteiger partial charge in [0.05, 0.1) is 17.9 Å². The molecule has 0 spiro atoms. The molecule has 0 aliphatic heterocycles. The maximum atomic E-state index is 8.89. The van der Waals surface area contributed by atoms with Crippen molar-refractivity contribution in [3.05, 3.63) is 29.3 Å². The normalized spacial score (nSPS) is 12.6. The van der Waals surface area contributed by atoms with E-state index in [4.69, 9.17) is 14.7 Å². The molecule has 0 atom stereocenters. The van der Waals surface area contributed by atoms with Gasteiger partial charge in [-0.2, -0.15) is 0 Å². The summed E-state index contributed by atoms with van der Waals surface area (Å²) < 4.78 is 11.3. The van der Waals surface area contributed by atoms with Crippen LogP contribution in [0.25, 0.3) is 0 Å². The molecule has 0 aliphatic rings. The highest BCUT2D eigenvalue weighted by Gasteiger charge is 2.11. The summed E-state index contributed by atoms with van der Waals surface area (Å²) in [5.41, 5.74) is 2.27. The van der Waals surface area contributed by atoms with E-state index < -0.39 is 0 Å². The minimum absolute atomic E-state index is 0.165. The third-order valence-corrected chi connectivity index (χ3v) is 2.55. The fourth-order valence-corrected chi connectivity index (χ4v) is 1.61. The first-order valence-electron chi connectivity index (χ1n) is 6.40. The van der Waals surface area contributed by atoms with E-state index in [0.29, 0.717) is 24.7 Å². The molecule has 1 rings (SSSR count). The van der Waals surface area contributed by atoms with E-state index in [9.17, 15) is 0 Å². The van der Waals surface area contributed by atoms with Crippen molar-refractivity contribution < 1.29 is 14.7 Å². The number of rotatable bonds is 5. The van der Waals surface area contributed by atoms with Crippen molar-refractivity contribution in [2.45, 2.75) is 40.2 Å². The Labute approximate surface area is 115 Å². The largest absolute Gasteiger partial charge is 0.490 e. The second kappa shape index (κ2) is 6.57. The van der Waals surface area contributed by atoms with E-state index in [2.05, 4.69) is 5.16 Å². The van der Waals surface area contributed by atoms with Crippen LogP contribution < -0.4 is 4.74 Å². The second-order valence-electron chi connectivity index (χ2n) is 5.49. The molecule has 0 unspecified atom stereocenters. The molecule has 1 N–H and O–H groups in total. The third kappa shape index (κ3) is 5.30. The van der Waals surface area contributed by atoms with Gasteiger partial charge in [-0.15, -0.1) is 0 Å². The molecule has 4 nitrogen and oxygen atoms in total. The summed E-state index contributed by atoms with van der Waals surface area (Å²) >= 11 is 0. The van der Waals surface area contributed by atoms with E-state index in [1.165, 1.54) is 0 Å². The van der Waals surface area contributed by atoms with Gasteiger partial charge in [0.15, 0.2) is 0 Å². The van der Waals surface area contributed by atoms with Gasteiger partial charge in [0, 0.05) is 5.56 Å². The Balaban J connectivity index is 2.68. The zero-order chi connectivity index (χ0) is 14.5. The summed E-state index contributed by atoms with van der Waals surface area (Å²) in [6.45, 7) is 10.7. The highest BCUT2D eigenvalue weighted by molar-refractivity contribution is 6.00. The van der Waals surface area contributed by atoms with Crippen LogP contribution in [0.5, 0.6) is 5.75 Å². The van der Waals surface area contributed by atoms with Crippen LogP contribution in [0.4, 0.5) is 0 Å². The minimum Gasteiger partial charge on any atom is -0.490 e. The average molecular weight is 265 g/mol. The first-order valence-corrected chi connectivity index (χ1v) is 6.40. The van der Waals surface area contributed by atoms with E-state index in [0.717, 1.165) is 11.1 Å². The molecule has 1 aromatic carbocycles. The van der Waals surface area contributed by atoms with Gasteiger partial charge in [0.2, 0.25) is 0 Å². The van der Waals surface area contributed by atoms with Crippen molar-refractivity contribution in [3.63, 3.8) is 0 Å². The van der Waals surface area contributed by atoms with Gasteiger partial charge in [-0.05, 0) is 46.8 Å². The molecule has 106 valence electrons. The lowest BCUT2D eigenvalue weighted by Crippen LogP contribution is -2.22. The number of hydrogen-bond donors (Lipinski definition) is 1. The Hall–Kier alpha value is -1.55. The smallest absolute Gasteiger partial charge is 0.128 e. The van der Waals surface area contributed by atoms with Gasteiger partial charge < -0.3 is 14.7 Å². The van der Waals surface area contributed by atoms with Gasteiger partial charge >= 0.3 is 0 Å². The fraction of sp³-hybridized carbons (Fsp3) is 0.533. The average Bonchev–Trinajstić information content (AvgIpc) is 2.33. The van der Waals surface area contributed by atoms with Gasteiger partial charge in [0.1, 0.15) is 12.4 Å². The number of benzene rings is 1. The van der Waals surface area contributed by atoms with Crippen LogP contribution in [0, 0.1) is 6.92 Å². The molecular weight excluding hydrogens is 242 g/mol. The number of hydrogen-bond acceptors (Lipinski definition) is 4. The van der Waals surface area contributed by atoms with Crippen LogP contribution in [0.15, 0.2) is 23.4 Å². The van der Waals surface area contributed by atoms with Crippen molar-refractivity contribution >= 4 is 5.71 Å². The molecule has 0 saturated carbocycles. The SMILES string of the molecule is C/C(=N/O)c1cc(C)ccc1OCCOC(C)(C)C. The molecule has 0 aromatic heterocycles. The molecule has 0 heterocycles. The van der Waals surface area contributed by atoms with Crippen LogP contribution in [-0.2, 0) is 4.74 Å². The van der Waals surface area contributed by atoms with Crippen molar-refractivity contribution in [2.24, 2.45) is 5.16 Å². The first kappa shape index (κ1) is 15.5. The highest BCUT2D eigenvalue weighted by atomic mass is 16.5. The molecular formula is C15H23NO3. The topological polar surface area (TPSA) is 51.1 Å². The monoisotopic (exact) mass is 265 g/mol. The fourth-order valence-electron chi connectivity index (χ4n) is 1.61. The Morgan fingerprint density at radius 3 is 2.53 bits per heavy atom. The lowest BCUT2D eigenvalue weighted by molar-refractivity contribution is -0.0163. The highest BCUT2D eigenvalue weighted by Crippen LogP contribution is 2.21. The van der Waals surface area contributed by atoms with Gasteiger partial charge in [-0.3, -0.25) is 0 Å². The summed E-state index contributed by atoms with van der Waals surface area (Å²) in [5.74, 6) is 0.707. The lowest BCUT2D eigenvalue weighted by Gasteiger charge is -2.20. The predicted molar refractivity (Wildman–Crippen MR) is 76.4 cm³/mol. The van der Waals surface area contributed by atoms with Crippen molar-refractivity contribution in [3.8, 4) is 5.75 Å². The van der Waals surface area contributed by atoms with Crippen LogP contribution in [0.1, 0.15) is 38.8 Å². The van der Waals surface area contributed by atoms with E-state index >= 15 is 0 Å². The predicted octanol–water partition coefficient (Wildman–Crippen LogP) is 3.39. The number of aryl methyl sites for hydroxylation is 1. The molecule has 1 aromatic rings. The summed E-state index contributed by atoms with van der Waals surface area (Å²) in [6.07, 6.45) is 0. The number of oxime groups is 1. The second-order valence-corrected chi connectivity index (χ2v) is 5.49. The van der Waals surface area contributed by atoms with Crippen molar-refractivity contribution in [1.29, 1.82) is 0 Å². The molecule has 0 radical (unpaired) electrons. The molecule has 0 saturated heterocycles. The maximum Gasteiger partial charge on any atom is 0.128 e. The first-order chi connectivity index (χ1) is 8.83. The van der Waals surface area contributed by atoms with Crippen LogP contribution in [0.3, 0.4) is 0 Å². The summed E-state index contributed by atoms with van der Waals surface area (Å²) in [7, 11) is 0. The van der Waals surface area contributed by atoms with Crippen LogP contribution in [-0.4, -0.2) is 29.7 Å². The maximum absolute atomic E-state index is 8.89. The zero-order valence-electron chi connectivity index (χ0n) is 12.4. The quantitative estimate of drug-likeness (QED) is 0.384. The van der Waals surface area contributed by atoms with Crippen LogP contribution >= 0.6 is 0 Å². The summed E-state index contributed by atoms with van der Waals surface area (Å²) in [5, 5.41) is 12.1. The third-order valence-electron chi connectivity index (χ3n) is 2.55. The Bertz CT molecular complexity index is 447. The van der Waals surface area contributed by atoms with E-state index in [1.807, 2.05) is 45.9 Å². The molecule has 0 aliphatic carbocycles. The Morgan fingerprint density at radius 2 is 1.95 bits per heavy atom. The van der Waals surface area contributed by atoms with Gasteiger partial charge in [0.25, 0.3) is 0 Å². The molecule has 0 fully saturated rings. The number of ether oxygens (including phenoxy) is 2. The van der Waals surface area contributed by atoms with Gasteiger partial charge in [-0.1, -0.05) is 16.8 Å². The molecule has 0 bridgehead atoms. The summed E-state index contributed by atoms with van der Waals surface area (Å²) in [4.78, 5) is 0. The zero-order valence-corrected chi connectivity index (χ0v) is 12.4. The van der Waals surface area contributed by atoms with Crippen molar-refractivity contribution in [2.75, 3.05) is 13.2 Å².